The number of rotatable bonds is 4. The highest BCUT2D eigenvalue weighted by Gasteiger charge is 2.26. The van der Waals surface area contributed by atoms with Crippen LogP contribution in [0.15, 0.2) is 12.3 Å². The molecule has 1 fully saturated rings. The molecule has 2 heterocycles. The van der Waals surface area contributed by atoms with Gasteiger partial charge in [-0.2, -0.15) is 5.10 Å². The van der Waals surface area contributed by atoms with Crippen LogP contribution in [0.3, 0.4) is 0 Å². The molecule has 16 heavy (non-hydrogen) atoms. The quantitative estimate of drug-likeness (QED) is 0.791. The van der Waals surface area contributed by atoms with Crippen molar-refractivity contribution in [3.8, 4) is 0 Å². The van der Waals surface area contributed by atoms with Crippen LogP contribution in [0.4, 0.5) is 0 Å². The summed E-state index contributed by atoms with van der Waals surface area (Å²) < 4.78 is 24.3. The van der Waals surface area contributed by atoms with Crippen molar-refractivity contribution in [1.82, 2.24) is 15.1 Å². The zero-order chi connectivity index (χ0) is 11.6. The number of hydrogen-bond donors (Lipinski definition) is 1. The molecule has 1 aromatic rings. The van der Waals surface area contributed by atoms with Crippen molar-refractivity contribution in [3.05, 3.63) is 18.0 Å². The fourth-order valence-electron chi connectivity index (χ4n) is 2.01. The van der Waals surface area contributed by atoms with Crippen molar-refractivity contribution in [2.45, 2.75) is 18.9 Å². The molecule has 1 N–H and O–H groups in total. The summed E-state index contributed by atoms with van der Waals surface area (Å²) in [5.74, 6) is 0.620. The molecule has 1 atom stereocenters. The molecule has 5 nitrogen and oxygen atoms in total. The molecule has 90 valence electrons. The van der Waals surface area contributed by atoms with E-state index in [1.165, 1.54) is 0 Å². The van der Waals surface area contributed by atoms with Crippen molar-refractivity contribution >= 4 is 9.84 Å². The van der Waals surface area contributed by atoms with E-state index in [1.54, 1.807) is 6.20 Å². The highest BCUT2D eigenvalue weighted by atomic mass is 32.2. The lowest BCUT2D eigenvalue weighted by Crippen LogP contribution is -2.32. The minimum absolute atomic E-state index is 0.137. The molecule has 1 aromatic heterocycles. The molecule has 0 bridgehead atoms. The Hall–Kier alpha value is -0.880. The van der Waals surface area contributed by atoms with E-state index in [1.807, 2.05) is 17.8 Å². The lowest BCUT2D eigenvalue weighted by atomic mass is 10.2. The van der Waals surface area contributed by atoms with Crippen molar-refractivity contribution in [2.24, 2.45) is 7.05 Å². The lowest BCUT2D eigenvalue weighted by Gasteiger charge is -2.10. The van der Waals surface area contributed by atoms with E-state index in [2.05, 4.69) is 10.4 Å². The van der Waals surface area contributed by atoms with E-state index in [-0.39, 0.29) is 6.04 Å². The van der Waals surface area contributed by atoms with E-state index in [4.69, 9.17) is 0 Å². The maximum absolute atomic E-state index is 11.2. The van der Waals surface area contributed by atoms with Gasteiger partial charge >= 0.3 is 0 Å². The molecular formula is C10H17N3O2S. The van der Waals surface area contributed by atoms with Crippen LogP contribution in [0.1, 0.15) is 12.1 Å². The third kappa shape index (κ3) is 2.82. The summed E-state index contributed by atoms with van der Waals surface area (Å²) in [6, 6.07) is 2.12. The van der Waals surface area contributed by atoms with E-state index < -0.39 is 9.84 Å². The first-order chi connectivity index (χ1) is 7.57. The Bertz CT molecular complexity index is 452. The molecule has 2 rings (SSSR count). The van der Waals surface area contributed by atoms with Crippen LogP contribution >= 0.6 is 0 Å². The normalized spacial score (nSPS) is 23.7. The average Bonchev–Trinajstić information content (AvgIpc) is 2.74. The number of aryl methyl sites for hydroxylation is 1. The third-order valence-electron chi connectivity index (χ3n) is 2.97. The molecule has 1 aliphatic heterocycles. The topological polar surface area (TPSA) is 64.0 Å². The summed E-state index contributed by atoms with van der Waals surface area (Å²) in [7, 11) is -0.856. The van der Waals surface area contributed by atoms with E-state index in [0.717, 1.165) is 25.1 Å². The van der Waals surface area contributed by atoms with Gasteiger partial charge in [0.1, 0.15) is 0 Å². The Morgan fingerprint density at radius 3 is 3.00 bits per heavy atom. The SMILES string of the molecule is Cn1nccc1CCNC1CCS(=O)(=O)C1. The molecule has 1 unspecified atom stereocenters. The minimum atomic E-state index is -2.77. The second-order valence-corrected chi connectivity index (χ2v) is 6.48. The smallest absolute Gasteiger partial charge is 0.151 e. The summed E-state index contributed by atoms with van der Waals surface area (Å²) in [6.07, 6.45) is 3.40. The van der Waals surface area contributed by atoms with E-state index >= 15 is 0 Å². The summed E-state index contributed by atoms with van der Waals surface area (Å²) in [4.78, 5) is 0. The van der Waals surface area contributed by atoms with Crippen molar-refractivity contribution < 1.29 is 8.42 Å². The van der Waals surface area contributed by atoms with Crippen molar-refractivity contribution in [3.63, 3.8) is 0 Å². The zero-order valence-electron chi connectivity index (χ0n) is 9.39. The molecule has 0 radical (unpaired) electrons. The van der Waals surface area contributed by atoms with E-state index in [9.17, 15) is 8.42 Å². The molecule has 6 heteroatoms. The first-order valence-electron chi connectivity index (χ1n) is 5.47. The number of nitrogens with zero attached hydrogens (tertiary/aromatic N) is 2. The van der Waals surface area contributed by atoms with Crippen LogP contribution in [0.25, 0.3) is 0 Å². The Kier molecular flexibility index (Phi) is 3.30. The van der Waals surface area contributed by atoms with Gasteiger partial charge in [-0.25, -0.2) is 8.42 Å². The first-order valence-corrected chi connectivity index (χ1v) is 7.30. The summed E-state index contributed by atoms with van der Waals surface area (Å²) in [5, 5.41) is 7.37. The number of nitrogens with one attached hydrogen (secondary N) is 1. The van der Waals surface area contributed by atoms with Gasteiger partial charge in [0.25, 0.3) is 0 Å². The highest BCUT2D eigenvalue weighted by Crippen LogP contribution is 2.11. The molecule has 0 aliphatic carbocycles. The van der Waals surface area contributed by atoms with Gasteiger partial charge in [0.15, 0.2) is 9.84 Å². The fraction of sp³-hybridized carbons (Fsp3) is 0.700. The number of aromatic nitrogens is 2. The van der Waals surface area contributed by atoms with E-state index in [0.29, 0.717) is 11.5 Å². The van der Waals surface area contributed by atoms with Gasteiger partial charge in [-0.1, -0.05) is 0 Å². The van der Waals surface area contributed by atoms with Crippen LogP contribution < -0.4 is 5.32 Å². The van der Waals surface area contributed by atoms with Crippen LogP contribution in [-0.4, -0.2) is 42.3 Å². The van der Waals surface area contributed by atoms with Crippen LogP contribution in [0.2, 0.25) is 0 Å². The molecule has 0 spiro atoms. The zero-order valence-corrected chi connectivity index (χ0v) is 10.2. The molecule has 0 aromatic carbocycles. The Morgan fingerprint density at radius 1 is 1.62 bits per heavy atom. The number of hydrogen-bond acceptors (Lipinski definition) is 4. The van der Waals surface area contributed by atoms with Gasteiger partial charge in [0, 0.05) is 37.9 Å². The molecule has 0 amide bonds. The summed E-state index contributed by atoms with van der Waals surface area (Å²) in [5.41, 5.74) is 1.16. The van der Waals surface area contributed by atoms with Crippen molar-refractivity contribution in [2.75, 3.05) is 18.1 Å². The lowest BCUT2D eigenvalue weighted by molar-refractivity contribution is 0.547. The van der Waals surface area contributed by atoms with Crippen LogP contribution in [0.5, 0.6) is 0 Å². The second-order valence-electron chi connectivity index (χ2n) is 4.25. The van der Waals surface area contributed by atoms with Gasteiger partial charge < -0.3 is 5.32 Å². The Morgan fingerprint density at radius 2 is 2.44 bits per heavy atom. The Balaban J connectivity index is 1.75. The third-order valence-corrected chi connectivity index (χ3v) is 4.74. The predicted molar refractivity (Wildman–Crippen MR) is 62.0 cm³/mol. The van der Waals surface area contributed by atoms with Crippen molar-refractivity contribution in [1.29, 1.82) is 0 Å². The fourth-order valence-corrected chi connectivity index (χ4v) is 3.71. The van der Waals surface area contributed by atoms with Gasteiger partial charge in [-0.05, 0) is 12.5 Å². The second kappa shape index (κ2) is 4.55. The monoisotopic (exact) mass is 243 g/mol. The molecule has 0 saturated carbocycles. The summed E-state index contributed by atoms with van der Waals surface area (Å²) in [6.45, 7) is 0.805. The van der Waals surface area contributed by atoms with Gasteiger partial charge in [0.2, 0.25) is 0 Å². The molecule has 1 aliphatic rings. The average molecular weight is 243 g/mol. The molecule has 1 saturated heterocycles. The predicted octanol–water partition coefficient (Wildman–Crippen LogP) is -0.261. The van der Waals surface area contributed by atoms with Crippen LogP contribution in [0, 0.1) is 0 Å². The first kappa shape index (κ1) is 11.6. The standard InChI is InChI=1S/C10H17N3O2S/c1-13-10(3-6-12-13)2-5-11-9-4-7-16(14,15)8-9/h3,6,9,11H,2,4-5,7-8H2,1H3. The Labute approximate surface area is 95.8 Å². The summed E-state index contributed by atoms with van der Waals surface area (Å²) >= 11 is 0. The number of sulfone groups is 1. The highest BCUT2D eigenvalue weighted by molar-refractivity contribution is 7.91. The minimum Gasteiger partial charge on any atom is -0.313 e. The maximum atomic E-state index is 11.2. The van der Waals surface area contributed by atoms with Gasteiger partial charge in [0.05, 0.1) is 11.5 Å². The van der Waals surface area contributed by atoms with Gasteiger partial charge in [-0.15, -0.1) is 0 Å². The maximum Gasteiger partial charge on any atom is 0.151 e. The largest absolute Gasteiger partial charge is 0.313 e. The van der Waals surface area contributed by atoms with Gasteiger partial charge in [-0.3, -0.25) is 4.68 Å². The van der Waals surface area contributed by atoms with Crippen LogP contribution in [-0.2, 0) is 23.3 Å². The molecular weight excluding hydrogens is 226 g/mol.